The van der Waals surface area contributed by atoms with Gasteiger partial charge in [-0.25, -0.2) is 18.4 Å². The predicted octanol–water partition coefficient (Wildman–Crippen LogP) is 15.7. The summed E-state index contributed by atoms with van der Waals surface area (Å²) in [4.78, 5) is 124. The van der Waals surface area contributed by atoms with E-state index in [1.54, 1.807) is 91.0 Å². The summed E-state index contributed by atoms with van der Waals surface area (Å²) in [6, 6.07) is 3.12. The van der Waals surface area contributed by atoms with Gasteiger partial charge in [-0.15, -0.1) is 11.6 Å². The van der Waals surface area contributed by atoms with Crippen LogP contribution >= 0.6 is 11.6 Å². The van der Waals surface area contributed by atoms with Gasteiger partial charge in [-0.2, -0.15) is 0 Å². The maximum absolute atomic E-state index is 16.9. The molecular weight excluding hydrogens is 1600 g/mol. The summed E-state index contributed by atoms with van der Waals surface area (Å²) in [7, 11) is 0. The molecule has 0 spiro atoms. The van der Waals surface area contributed by atoms with Gasteiger partial charge in [-0.3, -0.25) is 38.4 Å². The fourth-order valence-corrected chi connectivity index (χ4v) is 30.4. The molecule has 17 rings (SSSR count). The van der Waals surface area contributed by atoms with Crippen LogP contribution in [0.3, 0.4) is 0 Å². The van der Waals surface area contributed by atoms with Crippen molar-refractivity contribution < 1.29 is 111 Å². The van der Waals surface area contributed by atoms with Crippen molar-refractivity contribution in [3.8, 4) is 0 Å². The van der Waals surface area contributed by atoms with Gasteiger partial charge < -0.3 is 54.0 Å². The largest absolute Gasteiger partial charge is 0.508 e. The molecule has 1 heterocycles. The van der Waals surface area contributed by atoms with Crippen molar-refractivity contribution in [1.29, 1.82) is 0 Å². The summed E-state index contributed by atoms with van der Waals surface area (Å²) >= 11 is 7.45. The molecule has 0 aliphatic heterocycles. The van der Waals surface area contributed by atoms with E-state index in [1.807, 2.05) is 60.6 Å². The third-order valence-corrected chi connectivity index (χ3v) is 36.9. The first-order chi connectivity index (χ1) is 57.1. The number of hydrogen-bond donors (Lipinski definition) is 6. The molecule has 0 radical (unpaired) electrons. The molecular formula is C99H131ClF2O21. The summed E-state index contributed by atoms with van der Waals surface area (Å²) in [6.45, 7) is 28.3. The van der Waals surface area contributed by atoms with E-state index in [2.05, 4.69) is 6.92 Å². The second kappa shape index (κ2) is 32.3. The Labute approximate surface area is 727 Å². The Bertz CT molecular complexity index is 4590. The first kappa shape index (κ1) is 93.6. The van der Waals surface area contributed by atoms with Crippen LogP contribution in [-0.2, 0) is 57.3 Å². The van der Waals surface area contributed by atoms with E-state index in [0.717, 1.165) is 35.1 Å². The van der Waals surface area contributed by atoms with Crippen molar-refractivity contribution in [1.82, 2.24) is 0 Å². The molecule has 12 fully saturated rings. The Balaban J connectivity index is 0.000000141. The van der Waals surface area contributed by atoms with Crippen molar-refractivity contribution in [2.75, 3.05) is 13.2 Å². The molecule has 5 unspecified atom stereocenters. The highest BCUT2D eigenvalue weighted by molar-refractivity contribution is 6.26. The maximum Gasteiger partial charge on any atom is 0.508 e. The molecule has 16 aliphatic carbocycles. The molecule has 21 nitrogen and oxygen atoms in total. The smallest absolute Gasteiger partial charge is 0.466 e. The molecule has 0 saturated heterocycles. The molecule has 6 N–H and O–H groups in total. The highest BCUT2D eigenvalue weighted by Crippen LogP contribution is 2.76. The standard InChI is InChI=1S/C27H31ClO6.C25H34O7.2C23H31FO4.CH4/c1-4-21(30)26(34-23(32)20-6-5-13-33-20)12-10-18-19-8-7-16-14-17(29)9-11-24(16,2)27(19,28)22(31)15-25(18,26)3;1-5-30-22(28)17-12-18-16-8-7-14-11-15(26)9-10-24(14,3)20(16)19(27)13-25(18,4)21(17)32-23(29)31-6-2;2*1-5-18(26)23(28)13(2)10-17-16-7-6-14-11-15(25)8-9-20(14,3)22(16,24)19(27)12-21(17,23)4;/h5-6,9,11,13-14,18-19,22,31H,4,7-8,10,12,15H2,1-3H3;9-11,16-21,27H,5-8,12-13H2,1-4H3;2*8-9,11,13,16-17,19,27-28H,5-7,10,12H2,1-4H3;1H4/t18-,19-,22?,24-,25-,26+,27+;16-,17?,18-,19?,20-,21-,24-,25-;13-,16+,17+,19?,20+,21+,22+,23+;13-,16-,17-,19?,20-,21-,22+,23-;/m0010./s1. The highest BCUT2D eigenvalue weighted by Gasteiger charge is 2.80. The number of esters is 2. The predicted molar refractivity (Wildman–Crippen MR) is 454 cm³/mol. The fraction of sp³-hybridized carbons (Fsp3) is 0.697. The van der Waals surface area contributed by atoms with E-state index in [1.165, 1.54) is 36.6 Å². The molecule has 1 aromatic rings. The van der Waals surface area contributed by atoms with Crippen molar-refractivity contribution in [3.05, 3.63) is 119 Å². The van der Waals surface area contributed by atoms with Crippen LogP contribution < -0.4 is 0 Å². The number of Topliss-reactive ketones (excluding diaryl/α,β-unsaturated/α-hetero) is 3. The first-order valence-electron chi connectivity index (χ1n) is 45.0. The number of alkyl halides is 3. The summed E-state index contributed by atoms with van der Waals surface area (Å²) in [5.41, 5.74) is -11.0. The number of hydrogen-bond acceptors (Lipinski definition) is 21. The average Bonchev–Trinajstić information content (AvgIpc) is 1.36. The molecule has 0 amide bonds. The van der Waals surface area contributed by atoms with Crippen LogP contribution in [-0.4, -0.2) is 166 Å². The molecule has 1 aromatic heterocycles. The lowest BCUT2D eigenvalue weighted by Crippen LogP contribution is -2.69. The summed E-state index contributed by atoms with van der Waals surface area (Å²) in [6.07, 6.45) is 24.4. The van der Waals surface area contributed by atoms with Gasteiger partial charge in [-0.05, 0) is 245 Å². The number of halogens is 3. The van der Waals surface area contributed by atoms with Gasteiger partial charge >= 0.3 is 18.1 Å². The lowest BCUT2D eigenvalue weighted by molar-refractivity contribution is -0.218. The number of fused-ring (bicyclic) bond motifs is 20. The van der Waals surface area contributed by atoms with Crippen LogP contribution in [0.25, 0.3) is 0 Å². The van der Waals surface area contributed by atoms with E-state index >= 15 is 8.78 Å². The number of rotatable bonds is 12. The minimum Gasteiger partial charge on any atom is -0.466 e. The lowest BCUT2D eigenvalue weighted by Gasteiger charge is -2.64. The lowest BCUT2D eigenvalue weighted by atomic mass is 9.44. The minimum absolute atomic E-state index is 0. The van der Waals surface area contributed by atoms with Gasteiger partial charge in [0.1, 0.15) is 17.3 Å². The molecule has 24 heteroatoms. The molecule has 674 valence electrons. The Hall–Kier alpha value is -6.99. The Kier molecular flexibility index (Phi) is 24.6. The number of carbonyl (C=O) groups excluding carboxylic acids is 10. The molecule has 31 atom stereocenters. The van der Waals surface area contributed by atoms with Crippen LogP contribution in [0.1, 0.15) is 250 Å². The van der Waals surface area contributed by atoms with Gasteiger partial charge in [0.05, 0.1) is 54.7 Å². The van der Waals surface area contributed by atoms with Gasteiger partial charge in [0.15, 0.2) is 57.4 Å². The van der Waals surface area contributed by atoms with E-state index in [0.29, 0.717) is 77.0 Å². The number of furan rings is 1. The zero-order valence-electron chi connectivity index (χ0n) is 73.5. The molecule has 0 aromatic carbocycles. The Morgan fingerprint density at radius 3 is 1.44 bits per heavy atom. The summed E-state index contributed by atoms with van der Waals surface area (Å²) in [5, 5.41) is 68.6. The summed E-state index contributed by atoms with van der Waals surface area (Å²) in [5.74, 6) is -4.35. The normalized spacial score (nSPS) is 46.8. The molecule has 0 bridgehead atoms. The number of ether oxygens (including phenoxy) is 4. The van der Waals surface area contributed by atoms with Crippen molar-refractivity contribution in [3.63, 3.8) is 0 Å². The van der Waals surface area contributed by atoms with E-state index in [-0.39, 0.29) is 165 Å². The monoisotopic (exact) mass is 1730 g/mol. The van der Waals surface area contributed by atoms with Gasteiger partial charge in [0.25, 0.3) is 0 Å². The zero-order valence-corrected chi connectivity index (χ0v) is 74.2. The third kappa shape index (κ3) is 13.1. The SMILES string of the molecule is C.CCC(=O)[C@@]1(O)[C@@H](C)C[C@H]2[C@@H]3CCC4=CC(=O)C=C[C@]4(C)[C@]3(F)C(O)C[C@@]21C.CCC(=O)[C@@]1(O)[C@H](C)C[C@H]2[C@@H]3CCC4=CC(=O)C=C[C@]4(C)[C@@]3(F)C(O)C[C@@]21C.CCC(=O)[C@]1(OC(=O)c2ccco2)CC[C@H]2[C@@H]3CCC4=CC(=O)C=C[C@]4(C)[C@]3(Cl)C(O)C[C@@]21C.CCOC(=O)O[C@H]1C(C(=O)OCC)C[C@H]2[C@@H]3CCC4=CC(=O)C=C[C@]4(C)[C@@H]3C(O)C[C@]12C. The summed E-state index contributed by atoms with van der Waals surface area (Å²) < 4.78 is 61.2. The number of aliphatic hydroxyl groups excluding tert-OH is 4. The second-order valence-corrected chi connectivity index (χ2v) is 41.4. The average molecular weight is 1730 g/mol. The second-order valence-electron chi connectivity index (χ2n) is 40.8. The number of ketones is 7. The topological polar surface area (TPSA) is 342 Å². The first-order valence-corrected chi connectivity index (χ1v) is 45.4. The van der Waals surface area contributed by atoms with Crippen LogP contribution in [0.5, 0.6) is 0 Å². The Morgan fingerprint density at radius 2 is 0.967 bits per heavy atom. The Morgan fingerprint density at radius 1 is 0.520 bits per heavy atom. The number of aliphatic hydroxyl groups is 6. The molecule has 16 aliphatic rings. The molecule has 123 heavy (non-hydrogen) atoms. The quantitative estimate of drug-likeness (QED) is 0.0643. The van der Waals surface area contributed by atoms with Crippen molar-refractivity contribution >= 4 is 70.2 Å². The van der Waals surface area contributed by atoms with Crippen LogP contribution in [0.2, 0.25) is 0 Å². The van der Waals surface area contributed by atoms with Crippen LogP contribution in [0, 0.1) is 114 Å². The van der Waals surface area contributed by atoms with Gasteiger partial charge in [-0.1, -0.05) is 130 Å². The fourth-order valence-electron chi connectivity index (χ4n) is 29.9. The minimum atomic E-state index is -1.92. The van der Waals surface area contributed by atoms with E-state index in [9.17, 15) is 78.6 Å². The van der Waals surface area contributed by atoms with Crippen molar-refractivity contribution in [2.45, 2.75) is 303 Å². The van der Waals surface area contributed by atoms with Gasteiger partial charge in [0, 0.05) is 80.3 Å². The van der Waals surface area contributed by atoms with Crippen LogP contribution in [0.15, 0.2) is 118 Å². The van der Waals surface area contributed by atoms with Crippen molar-refractivity contribution in [2.24, 2.45) is 114 Å². The highest BCUT2D eigenvalue weighted by atomic mass is 35.5. The maximum atomic E-state index is 16.9. The van der Waals surface area contributed by atoms with Gasteiger partial charge in [0.2, 0.25) is 5.76 Å². The van der Waals surface area contributed by atoms with E-state index < -0.39 is 137 Å². The van der Waals surface area contributed by atoms with E-state index in [4.69, 9.17) is 35.0 Å². The van der Waals surface area contributed by atoms with Crippen LogP contribution in [0.4, 0.5) is 13.6 Å². The zero-order chi connectivity index (χ0) is 89.2. The third-order valence-electron chi connectivity index (χ3n) is 36.0. The molecule has 12 saturated carbocycles. The number of carbonyl (C=O) groups is 10. The number of allylic oxidation sites excluding steroid dienone is 16.